The molecular weight excluding hydrogens is 493 g/mol. The Morgan fingerprint density at radius 2 is 1.83 bits per heavy atom. The molecule has 0 spiro atoms. The first-order valence-electron chi connectivity index (χ1n) is 12.3. The minimum atomic E-state index is -4.20. The number of nitrogens with zero attached hydrogens (tertiary/aromatic N) is 3. The minimum absolute atomic E-state index is 0. The number of rotatable bonds is 8. The number of nitrogens with one attached hydrogen (secondary N) is 2. The number of carbonyl (C=O) groups is 1. The van der Waals surface area contributed by atoms with Gasteiger partial charge in [-0.3, -0.25) is 4.68 Å². The molecule has 2 heterocycles. The molecule has 10 nitrogen and oxygen atoms in total. The molecular formula is C24H34N5NaO5S. The average molecular weight is 528 g/mol. The number of methoxy groups -OCH3 is 1. The number of urea groups is 1. The second-order valence-electron chi connectivity index (χ2n) is 9.39. The number of hydrogen-bond donors (Lipinski definition) is 2. The molecule has 3 aliphatic rings. The van der Waals surface area contributed by atoms with Gasteiger partial charge in [-0.25, -0.2) is 13.8 Å². The van der Waals surface area contributed by atoms with E-state index >= 15 is 0 Å². The van der Waals surface area contributed by atoms with Crippen molar-refractivity contribution in [1.29, 1.82) is 0 Å². The van der Waals surface area contributed by atoms with E-state index in [0.29, 0.717) is 44.9 Å². The fourth-order valence-corrected chi connectivity index (χ4v) is 6.87. The van der Waals surface area contributed by atoms with Crippen molar-refractivity contribution in [2.45, 2.75) is 64.0 Å². The number of aryl methyl sites for hydroxylation is 2. The van der Waals surface area contributed by atoms with Crippen LogP contribution in [-0.4, -0.2) is 86.8 Å². The molecule has 192 valence electrons. The van der Waals surface area contributed by atoms with E-state index in [1.54, 1.807) is 18.0 Å². The molecule has 0 radical (unpaired) electrons. The quantitative estimate of drug-likeness (QED) is 0.507. The average Bonchev–Trinajstić information content (AvgIpc) is 3.59. The van der Waals surface area contributed by atoms with Crippen molar-refractivity contribution in [3.8, 4) is 0 Å². The van der Waals surface area contributed by atoms with Crippen molar-refractivity contribution in [1.82, 2.24) is 14.5 Å². The first-order valence-corrected chi connectivity index (χ1v) is 13.8. The summed E-state index contributed by atoms with van der Waals surface area (Å²) in [6.45, 7) is 1.87. The summed E-state index contributed by atoms with van der Waals surface area (Å²) in [5, 5.41) is 7.20. The number of fused-ring (bicyclic) bond motifs is 2. The fourth-order valence-electron chi connectivity index (χ4n) is 5.51. The third-order valence-electron chi connectivity index (χ3n) is 7.11. The zero-order valence-electron chi connectivity index (χ0n) is 20.1. The maximum absolute atomic E-state index is 13.6. The summed E-state index contributed by atoms with van der Waals surface area (Å²) in [7, 11) is -2.60. The van der Waals surface area contributed by atoms with Crippen LogP contribution in [0.3, 0.4) is 0 Å². The van der Waals surface area contributed by atoms with Crippen molar-refractivity contribution in [2.24, 2.45) is 0 Å². The van der Waals surface area contributed by atoms with Crippen molar-refractivity contribution >= 4 is 57.2 Å². The standard InChI is InChI=1S/C24H33N5O5S.Na.H/c1-33-13-10-28-16-20(15-25-28)29(19-8-11-34-12-9-19)35(31,32)27-24(30)26-23-21-6-2-4-17(21)14-18-5-3-7-22(18)23;;/h14-16,19H,2-13H2,1H3,(H2,26,27,30);;. The SMILES string of the molecule is COCCn1cc(N(C2CCOCC2)S(=O)(=O)NC(=O)Nc2c3c(cc4c2CCC4)CCC3)cn1.[NaH]. The Kier molecular flexibility index (Phi) is 9.00. The Hall–Kier alpha value is -1.63. The van der Waals surface area contributed by atoms with Crippen LogP contribution in [0, 0.1) is 0 Å². The van der Waals surface area contributed by atoms with Gasteiger partial charge in [-0.05, 0) is 73.6 Å². The van der Waals surface area contributed by atoms with Crippen molar-refractivity contribution in [2.75, 3.05) is 36.6 Å². The normalized spacial score (nSPS) is 17.2. The first-order chi connectivity index (χ1) is 17.0. The van der Waals surface area contributed by atoms with E-state index in [1.807, 2.05) is 0 Å². The molecule has 2 amide bonds. The third-order valence-corrected chi connectivity index (χ3v) is 8.58. The summed E-state index contributed by atoms with van der Waals surface area (Å²) in [5.74, 6) is 0. The summed E-state index contributed by atoms with van der Waals surface area (Å²) in [6, 6.07) is 1.21. The summed E-state index contributed by atoms with van der Waals surface area (Å²) in [5.41, 5.74) is 6.07. The van der Waals surface area contributed by atoms with E-state index in [1.165, 1.54) is 21.6 Å². The molecule has 5 rings (SSSR count). The van der Waals surface area contributed by atoms with E-state index in [9.17, 15) is 13.2 Å². The predicted octanol–water partition coefficient (Wildman–Crippen LogP) is 1.91. The van der Waals surface area contributed by atoms with Crippen LogP contribution in [0.4, 0.5) is 16.2 Å². The second kappa shape index (κ2) is 11.8. The molecule has 1 aromatic carbocycles. The number of anilines is 2. The van der Waals surface area contributed by atoms with Gasteiger partial charge in [0.05, 0.1) is 31.1 Å². The van der Waals surface area contributed by atoms with Crippen molar-refractivity contribution in [3.05, 3.63) is 40.7 Å². The van der Waals surface area contributed by atoms with Crippen LogP contribution in [0.1, 0.15) is 47.9 Å². The summed E-state index contributed by atoms with van der Waals surface area (Å²) >= 11 is 0. The predicted molar refractivity (Wildman–Crippen MR) is 139 cm³/mol. The van der Waals surface area contributed by atoms with Gasteiger partial charge < -0.3 is 14.8 Å². The summed E-state index contributed by atoms with van der Waals surface area (Å²) < 4.78 is 42.9. The van der Waals surface area contributed by atoms with Crippen LogP contribution in [0.5, 0.6) is 0 Å². The van der Waals surface area contributed by atoms with Gasteiger partial charge in [-0.1, -0.05) is 6.07 Å². The zero-order valence-corrected chi connectivity index (χ0v) is 20.9. The Labute approximate surface area is 234 Å². The van der Waals surface area contributed by atoms with Gasteiger partial charge in [-0.2, -0.15) is 13.5 Å². The summed E-state index contributed by atoms with van der Waals surface area (Å²) in [4.78, 5) is 13.1. The molecule has 12 heteroatoms. The van der Waals surface area contributed by atoms with Gasteiger partial charge in [0.25, 0.3) is 0 Å². The molecule has 0 unspecified atom stereocenters. The zero-order chi connectivity index (χ0) is 24.4. The van der Waals surface area contributed by atoms with Gasteiger partial charge in [0.2, 0.25) is 0 Å². The van der Waals surface area contributed by atoms with E-state index in [2.05, 4.69) is 21.2 Å². The molecule has 1 saturated heterocycles. The number of benzene rings is 1. The maximum atomic E-state index is 13.6. The van der Waals surface area contributed by atoms with Gasteiger partial charge in [0, 0.05) is 32.2 Å². The van der Waals surface area contributed by atoms with E-state index < -0.39 is 16.2 Å². The Morgan fingerprint density at radius 1 is 1.17 bits per heavy atom. The molecule has 2 N–H and O–H groups in total. The molecule has 1 fully saturated rings. The van der Waals surface area contributed by atoms with Crippen LogP contribution < -0.4 is 14.3 Å². The molecule has 2 aliphatic carbocycles. The third kappa shape index (κ3) is 5.76. The first kappa shape index (κ1) is 27.4. The van der Waals surface area contributed by atoms with Gasteiger partial charge >= 0.3 is 45.8 Å². The van der Waals surface area contributed by atoms with E-state index in [0.717, 1.165) is 55.3 Å². The summed E-state index contributed by atoms with van der Waals surface area (Å²) in [6.07, 6.45) is 10.2. The van der Waals surface area contributed by atoms with Crippen LogP contribution in [0.25, 0.3) is 0 Å². The number of amides is 2. The number of carbonyl (C=O) groups excluding carboxylic acids is 1. The monoisotopic (exact) mass is 527 g/mol. The van der Waals surface area contributed by atoms with E-state index in [-0.39, 0.29) is 35.6 Å². The van der Waals surface area contributed by atoms with Gasteiger partial charge in [-0.15, -0.1) is 0 Å². The van der Waals surface area contributed by atoms with Crippen LogP contribution >= 0.6 is 0 Å². The molecule has 0 atom stereocenters. The van der Waals surface area contributed by atoms with Gasteiger partial charge in [0.1, 0.15) is 0 Å². The molecule has 0 bridgehead atoms. The molecule has 2 aromatic rings. The van der Waals surface area contributed by atoms with Crippen LogP contribution in [0.15, 0.2) is 18.5 Å². The molecule has 36 heavy (non-hydrogen) atoms. The van der Waals surface area contributed by atoms with Crippen molar-refractivity contribution in [3.63, 3.8) is 0 Å². The number of hydrogen-bond acceptors (Lipinski definition) is 6. The Bertz CT molecular complexity index is 1160. The van der Waals surface area contributed by atoms with Crippen LogP contribution in [0.2, 0.25) is 0 Å². The Balaban J connectivity index is 0.00000304. The molecule has 1 aliphatic heterocycles. The molecule has 1 aromatic heterocycles. The van der Waals surface area contributed by atoms with Gasteiger partial charge in [0.15, 0.2) is 0 Å². The molecule has 0 saturated carbocycles. The fraction of sp³-hybridized carbons (Fsp3) is 0.583. The second-order valence-corrected chi connectivity index (χ2v) is 10.9. The number of ether oxygens (including phenoxy) is 2. The van der Waals surface area contributed by atoms with Crippen LogP contribution in [-0.2, 0) is 51.9 Å². The Morgan fingerprint density at radius 3 is 2.47 bits per heavy atom. The van der Waals surface area contributed by atoms with Crippen molar-refractivity contribution < 1.29 is 22.7 Å². The number of aromatic nitrogens is 2. The topological polar surface area (TPSA) is 115 Å². The van der Waals surface area contributed by atoms with E-state index in [4.69, 9.17) is 9.47 Å².